The van der Waals surface area contributed by atoms with Crippen LogP contribution in [0.5, 0.6) is 0 Å². The molecular weight excluding hydrogens is 385 g/mol. The van der Waals surface area contributed by atoms with Gasteiger partial charge >= 0.3 is 0 Å². The molecule has 0 amide bonds. The molecule has 9 heteroatoms. The number of hydrogen-bond acceptors (Lipinski definition) is 5. The van der Waals surface area contributed by atoms with E-state index < -0.39 is 15.8 Å². The van der Waals surface area contributed by atoms with Gasteiger partial charge in [0.25, 0.3) is 5.69 Å². The summed E-state index contributed by atoms with van der Waals surface area (Å²) in [5.74, 6) is -0.589. The molecule has 150 valence electrons. The maximum atomic E-state index is 13.2. The largest absolute Gasteiger partial charge is 0.299 e. The number of nitrogens with one attached hydrogen (secondary N) is 1. The van der Waals surface area contributed by atoms with Gasteiger partial charge in [0.2, 0.25) is 10.0 Å². The van der Waals surface area contributed by atoms with E-state index in [0.29, 0.717) is 13.0 Å². The quantitative estimate of drug-likeness (QED) is 0.413. The molecular formula is C19H22FN3O4S. The molecule has 7 nitrogen and oxygen atoms in total. The number of rotatable bonds is 8. The second-order valence-electron chi connectivity index (χ2n) is 6.80. The van der Waals surface area contributed by atoms with Gasteiger partial charge in [-0.05, 0) is 55.1 Å². The van der Waals surface area contributed by atoms with Gasteiger partial charge in [0.1, 0.15) is 5.82 Å². The highest BCUT2D eigenvalue weighted by molar-refractivity contribution is 7.89. The summed E-state index contributed by atoms with van der Waals surface area (Å²) in [5.41, 5.74) is 2.23. The van der Waals surface area contributed by atoms with Crippen LogP contribution in [0.3, 0.4) is 0 Å². The van der Waals surface area contributed by atoms with Crippen molar-refractivity contribution < 1.29 is 17.7 Å². The number of nitro benzene ring substituents is 1. The maximum Gasteiger partial charge on any atom is 0.269 e. The zero-order chi connectivity index (χ0) is 20.1. The van der Waals surface area contributed by atoms with E-state index >= 15 is 0 Å². The van der Waals surface area contributed by atoms with Gasteiger partial charge in [-0.1, -0.05) is 12.1 Å². The number of halogens is 1. The number of non-ortho nitro benzene ring substituents is 1. The monoisotopic (exact) mass is 407 g/mol. The van der Waals surface area contributed by atoms with E-state index in [4.69, 9.17) is 0 Å². The van der Waals surface area contributed by atoms with Crippen LogP contribution in [0.25, 0.3) is 0 Å². The molecule has 1 heterocycles. The molecule has 1 aliphatic rings. The van der Waals surface area contributed by atoms with Gasteiger partial charge in [0, 0.05) is 31.8 Å². The fourth-order valence-electron chi connectivity index (χ4n) is 3.29. The second kappa shape index (κ2) is 8.76. The van der Waals surface area contributed by atoms with Crippen molar-refractivity contribution in [3.05, 3.63) is 69.5 Å². The molecule has 2 aromatic carbocycles. The van der Waals surface area contributed by atoms with Gasteiger partial charge in [-0.25, -0.2) is 17.5 Å². The van der Waals surface area contributed by atoms with Crippen molar-refractivity contribution in [2.24, 2.45) is 0 Å². The number of unbranched alkanes of at least 4 members (excludes halogenated alkanes) is 1. The number of nitrogens with zero attached hydrogens (tertiary/aromatic N) is 2. The minimum absolute atomic E-state index is 0.0817. The van der Waals surface area contributed by atoms with Crippen LogP contribution in [-0.4, -0.2) is 37.9 Å². The molecule has 28 heavy (non-hydrogen) atoms. The van der Waals surface area contributed by atoms with Gasteiger partial charge in [0.05, 0.1) is 9.82 Å². The zero-order valence-electron chi connectivity index (χ0n) is 15.3. The minimum atomic E-state index is -3.71. The number of nitro groups is 1. The Hall–Kier alpha value is -2.36. The Morgan fingerprint density at radius 3 is 2.71 bits per heavy atom. The molecule has 0 atom stereocenters. The number of fused-ring (bicyclic) bond motifs is 1. The molecule has 1 aliphatic heterocycles. The lowest BCUT2D eigenvalue weighted by molar-refractivity contribution is -0.385. The van der Waals surface area contributed by atoms with Crippen LogP contribution in [-0.2, 0) is 23.0 Å². The summed E-state index contributed by atoms with van der Waals surface area (Å²) in [7, 11) is -3.71. The third-order valence-corrected chi connectivity index (χ3v) is 6.25. The van der Waals surface area contributed by atoms with Crippen molar-refractivity contribution in [1.29, 1.82) is 0 Å². The molecule has 0 saturated heterocycles. The summed E-state index contributed by atoms with van der Waals surface area (Å²) in [6.07, 6.45) is 2.28. The topological polar surface area (TPSA) is 92.6 Å². The van der Waals surface area contributed by atoms with Crippen LogP contribution in [0.4, 0.5) is 10.1 Å². The van der Waals surface area contributed by atoms with Crippen LogP contribution in [0.1, 0.15) is 24.0 Å². The predicted octanol–water partition coefficient (Wildman–Crippen LogP) is 2.85. The van der Waals surface area contributed by atoms with Crippen molar-refractivity contribution in [2.45, 2.75) is 30.7 Å². The van der Waals surface area contributed by atoms with Gasteiger partial charge in [0.15, 0.2) is 0 Å². The van der Waals surface area contributed by atoms with Crippen LogP contribution in [0.2, 0.25) is 0 Å². The Morgan fingerprint density at radius 1 is 1.14 bits per heavy atom. The summed E-state index contributed by atoms with van der Waals surface area (Å²) >= 11 is 0. The van der Waals surface area contributed by atoms with Crippen LogP contribution < -0.4 is 4.72 Å². The highest BCUT2D eigenvalue weighted by atomic mass is 32.2. The van der Waals surface area contributed by atoms with E-state index in [2.05, 4.69) is 9.62 Å². The molecule has 0 spiro atoms. The van der Waals surface area contributed by atoms with Crippen LogP contribution in [0, 0.1) is 15.9 Å². The van der Waals surface area contributed by atoms with E-state index in [1.54, 1.807) is 12.1 Å². The smallest absolute Gasteiger partial charge is 0.269 e. The first-order chi connectivity index (χ1) is 13.3. The number of benzene rings is 2. The van der Waals surface area contributed by atoms with E-state index in [9.17, 15) is 22.9 Å². The van der Waals surface area contributed by atoms with Crippen molar-refractivity contribution in [2.75, 3.05) is 19.6 Å². The van der Waals surface area contributed by atoms with Gasteiger partial charge in [-0.2, -0.15) is 0 Å². The van der Waals surface area contributed by atoms with Crippen molar-refractivity contribution in [1.82, 2.24) is 9.62 Å². The molecule has 0 aliphatic carbocycles. The Bertz CT molecular complexity index is 965. The minimum Gasteiger partial charge on any atom is -0.299 e. The van der Waals surface area contributed by atoms with E-state index in [-0.39, 0.29) is 22.1 Å². The fraction of sp³-hybridized carbons (Fsp3) is 0.368. The molecule has 2 aromatic rings. The first-order valence-corrected chi connectivity index (χ1v) is 10.6. The van der Waals surface area contributed by atoms with Gasteiger partial charge in [-0.3, -0.25) is 15.0 Å². The molecule has 1 N–H and O–H groups in total. The summed E-state index contributed by atoms with van der Waals surface area (Å²) in [4.78, 5) is 12.7. The average Bonchev–Trinajstić information content (AvgIpc) is 2.67. The molecule has 0 saturated carbocycles. The lowest BCUT2D eigenvalue weighted by atomic mass is 9.99. The first-order valence-electron chi connectivity index (χ1n) is 9.09. The van der Waals surface area contributed by atoms with E-state index in [0.717, 1.165) is 43.1 Å². The summed E-state index contributed by atoms with van der Waals surface area (Å²) in [6.45, 7) is 2.59. The Kier molecular flexibility index (Phi) is 6.38. The molecule has 0 fully saturated rings. The highest BCUT2D eigenvalue weighted by Crippen LogP contribution is 2.24. The summed E-state index contributed by atoms with van der Waals surface area (Å²) in [6, 6.07) is 9.91. The Labute approximate surface area is 163 Å². The van der Waals surface area contributed by atoms with Crippen molar-refractivity contribution in [3.8, 4) is 0 Å². The predicted molar refractivity (Wildman–Crippen MR) is 103 cm³/mol. The molecule has 0 aromatic heterocycles. The normalized spacial score (nSPS) is 14.6. The lowest BCUT2D eigenvalue weighted by Crippen LogP contribution is -2.32. The third kappa shape index (κ3) is 5.12. The SMILES string of the molecule is O=[N+]([O-])c1ccc2c(c1)CN(CCCCNS(=O)(=O)c1cccc(F)c1)CC2. The highest BCUT2D eigenvalue weighted by Gasteiger charge is 2.19. The maximum absolute atomic E-state index is 13.2. The summed E-state index contributed by atoms with van der Waals surface area (Å²) in [5, 5.41) is 10.9. The van der Waals surface area contributed by atoms with Crippen molar-refractivity contribution in [3.63, 3.8) is 0 Å². The zero-order valence-corrected chi connectivity index (χ0v) is 16.1. The fourth-order valence-corrected chi connectivity index (χ4v) is 4.40. The molecule has 3 rings (SSSR count). The molecule has 0 unspecified atom stereocenters. The Balaban J connectivity index is 1.45. The van der Waals surface area contributed by atoms with Crippen molar-refractivity contribution >= 4 is 15.7 Å². The lowest BCUT2D eigenvalue weighted by Gasteiger charge is -2.28. The van der Waals surface area contributed by atoms with Gasteiger partial charge in [-0.15, -0.1) is 0 Å². The average molecular weight is 407 g/mol. The van der Waals surface area contributed by atoms with Crippen LogP contribution >= 0.6 is 0 Å². The summed E-state index contributed by atoms with van der Waals surface area (Å²) < 4.78 is 39.9. The number of sulfonamides is 1. The van der Waals surface area contributed by atoms with Gasteiger partial charge < -0.3 is 0 Å². The number of hydrogen-bond donors (Lipinski definition) is 1. The first kappa shape index (κ1) is 20.4. The van der Waals surface area contributed by atoms with E-state index in [1.807, 2.05) is 6.07 Å². The third-order valence-electron chi connectivity index (χ3n) is 4.79. The van der Waals surface area contributed by atoms with Crippen LogP contribution in [0.15, 0.2) is 47.4 Å². The standard InChI is InChI=1S/C19H22FN3O4S/c20-17-4-3-5-19(13-17)28(26,27)21-9-1-2-10-22-11-8-15-6-7-18(23(24)25)12-16(15)14-22/h3-7,12-13,21H,1-2,8-11,14H2. The molecule has 0 bridgehead atoms. The second-order valence-corrected chi connectivity index (χ2v) is 8.57. The Morgan fingerprint density at radius 2 is 1.96 bits per heavy atom. The molecule has 0 radical (unpaired) electrons. The van der Waals surface area contributed by atoms with E-state index in [1.165, 1.54) is 18.2 Å².